The van der Waals surface area contributed by atoms with Crippen LogP contribution in [0.1, 0.15) is 30.0 Å². The van der Waals surface area contributed by atoms with Crippen molar-refractivity contribution in [3.8, 4) is 5.75 Å². The highest BCUT2D eigenvalue weighted by Gasteiger charge is 2.10. The molecule has 0 aliphatic carbocycles. The van der Waals surface area contributed by atoms with Crippen molar-refractivity contribution < 1.29 is 9.50 Å². The van der Waals surface area contributed by atoms with Crippen LogP contribution in [0.5, 0.6) is 5.75 Å². The van der Waals surface area contributed by atoms with Gasteiger partial charge in [0.15, 0.2) is 0 Å². The topological polar surface area (TPSA) is 23.5 Å². The minimum absolute atomic E-state index is 0.0562. The second-order valence-electron chi connectivity index (χ2n) is 6.01. The Morgan fingerprint density at radius 1 is 1.00 bits per heavy atom. The van der Waals surface area contributed by atoms with E-state index in [1.165, 1.54) is 23.3 Å². The molecule has 0 unspecified atom stereocenters. The quantitative estimate of drug-likeness (QED) is 0.783. The van der Waals surface area contributed by atoms with Gasteiger partial charge >= 0.3 is 0 Å². The van der Waals surface area contributed by atoms with E-state index in [1.54, 1.807) is 6.07 Å². The van der Waals surface area contributed by atoms with Crippen LogP contribution in [0.4, 0.5) is 4.39 Å². The van der Waals surface area contributed by atoms with Gasteiger partial charge in [0.1, 0.15) is 11.6 Å². The molecule has 23 heavy (non-hydrogen) atoms. The van der Waals surface area contributed by atoms with Crippen molar-refractivity contribution in [1.82, 2.24) is 4.90 Å². The molecule has 0 spiro atoms. The van der Waals surface area contributed by atoms with Crippen molar-refractivity contribution in [2.45, 2.75) is 33.1 Å². The lowest BCUT2D eigenvalue weighted by atomic mass is 10.1. The van der Waals surface area contributed by atoms with E-state index >= 15 is 0 Å². The maximum atomic E-state index is 13.7. The first-order chi connectivity index (χ1) is 11.1. The van der Waals surface area contributed by atoms with Crippen molar-refractivity contribution in [1.29, 1.82) is 0 Å². The number of hydrogen-bond acceptors (Lipinski definition) is 2. The van der Waals surface area contributed by atoms with Crippen LogP contribution in [0, 0.1) is 12.7 Å². The molecule has 0 saturated carbocycles. The zero-order chi connectivity index (χ0) is 16.7. The summed E-state index contributed by atoms with van der Waals surface area (Å²) < 4.78 is 13.7. The second-order valence-corrected chi connectivity index (χ2v) is 6.01. The fourth-order valence-corrected chi connectivity index (χ4v) is 2.75. The maximum Gasteiger partial charge on any atom is 0.130 e. The van der Waals surface area contributed by atoms with Crippen molar-refractivity contribution in [2.24, 2.45) is 0 Å². The van der Waals surface area contributed by atoms with Crippen LogP contribution in [0.2, 0.25) is 0 Å². The molecule has 0 aromatic heterocycles. The lowest BCUT2D eigenvalue weighted by molar-refractivity contribution is 0.285. The van der Waals surface area contributed by atoms with E-state index in [4.69, 9.17) is 0 Å². The SMILES string of the molecule is CCN(CCCc1ccc(C)cc1)CCc1c(O)cccc1F. The molecule has 2 aromatic carbocycles. The molecule has 0 fully saturated rings. The Balaban J connectivity index is 1.80. The van der Waals surface area contributed by atoms with Gasteiger partial charge in [-0.1, -0.05) is 42.8 Å². The highest BCUT2D eigenvalue weighted by molar-refractivity contribution is 5.33. The maximum absolute atomic E-state index is 13.7. The van der Waals surface area contributed by atoms with Crippen molar-refractivity contribution in [2.75, 3.05) is 19.6 Å². The van der Waals surface area contributed by atoms with Gasteiger partial charge in [0.25, 0.3) is 0 Å². The lowest BCUT2D eigenvalue weighted by Gasteiger charge is -2.20. The molecule has 0 radical (unpaired) electrons. The van der Waals surface area contributed by atoms with Crippen molar-refractivity contribution in [3.63, 3.8) is 0 Å². The van der Waals surface area contributed by atoms with E-state index < -0.39 is 0 Å². The minimum Gasteiger partial charge on any atom is -0.508 e. The number of benzene rings is 2. The van der Waals surface area contributed by atoms with Gasteiger partial charge < -0.3 is 10.0 Å². The molecule has 1 N–H and O–H groups in total. The standard InChI is InChI=1S/C20H26FNO/c1-3-22(14-5-6-17-11-9-16(2)10-12-17)15-13-18-19(21)7-4-8-20(18)23/h4,7-12,23H,3,5-6,13-15H2,1-2H3. The van der Waals surface area contributed by atoms with E-state index in [0.29, 0.717) is 12.0 Å². The highest BCUT2D eigenvalue weighted by Crippen LogP contribution is 2.20. The Bertz CT molecular complexity index is 589. The van der Waals surface area contributed by atoms with Gasteiger partial charge in [-0.2, -0.15) is 0 Å². The van der Waals surface area contributed by atoms with E-state index in [-0.39, 0.29) is 11.6 Å². The summed E-state index contributed by atoms with van der Waals surface area (Å²) in [5, 5.41) is 9.77. The fourth-order valence-electron chi connectivity index (χ4n) is 2.75. The summed E-state index contributed by atoms with van der Waals surface area (Å²) in [6.07, 6.45) is 2.68. The van der Waals surface area contributed by atoms with Crippen LogP contribution in [0.3, 0.4) is 0 Å². The lowest BCUT2D eigenvalue weighted by Crippen LogP contribution is -2.27. The molecular weight excluding hydrogens is 289 g/mol. The molecule has 124 valence electrons. The van der Waals surface area contributed by atoms with Crippen LogP contribution in [-0.4, -0.2) is 29.6 Å². The zero-order valence-electron chi connectivity index (χ0n) is 14.1. The van der Waals surface area contributed by atoms with E-state index in [0.717, 1.165) is 32.5 Å². The normalized spacial score (nSPS) is 11.1. The summed E-state index contributed by atoms with van der Waals surface area (Å²) in [5.41, 5.74) is 3.07. The molecule has 0 bridgehead atoms. The Morgan fingerprint density at radius 2 is 1.74 bits per heavy atom. The summed E-state index contributed by atoms with van der Waals surface area (Å²) in [6.45, 7) is 6.90. The molecule has 0 saturated heterocycles. The minimum atomic E-state index is -0.319. The Hall–Kier alpha value is -1.87. The highest BCUT2D eigenvalue weighted by atomic mass is 19.1. The number of phenolic OH excluding ortho intramolecular Hbond substituents is 1. The van der Waals surface area contributed by atoms with Crippen molar-refractivity contribution in [3.05, 3.63) is 65.0 Å². The third kappa shape index (κ3) is 5.36. The first kappa shape index (κ1) is 17.5. The monoisotopic (exact) mass is 315 g/mol. The Labute approximate surface area is 138 Å². The first-order valence-corrected chi connectivity index (χ1v) is 8.34. The molecular formula is C20H26FNO. The van der Waals surface area contributed by atoms with Gasteiger partial charge in [-0.25, -0.2) is 4.39 Å². The Morgan fingerprint density at radius 3 is 2.39 bits per heavy atom. The molecule has 0 aliphatic rings. The number of phenols is 1. The summed E-state index contributed by atoms with van der Waals surface area (Å²) in [6, 6.07) is 13.1. The molecule has 0 heterocycles. The third-order valence-electron chi connectivity index (χ3n) is 4.28. The molecule has 3 heteroatoms. The van der Waals surface area contributed by atoms with E-state index in [2.05, 4.69) is 43.0 Å². The van der Waals surface area contributed by atoms with Gasteiger partial charge in [-0.05, 0) is 57.0 Å². The van der Waals surface area contributed by atoms with E-state index in [9.17, 15) is 9.50 Å². The molecule has 0 amide bonds. The molecule has 2 nitrogen and oxygen atoms in total. The fraction of sp³-hybridized carbons (Fsp3) is 0.400. The molecule has 0 atom stereocenters. The van der Waals surface area contributed by atoms with Crippen LogP contribution < -0.4 is 0 Å². The first-order valence-electron chi connectivity index (χ1n) is 8.34. The van der Waals surface area contributed by atoms with Crippen LogP contribution >= 0.6 is 0 Å². The zero-order valence-corrected chi connectivity index (χ0v) is 14.1. The molecule has 2 aromatic rings. The summed E-state index contributed by atoms with van der Waals surface area (Å²) >= 11 is 0. The Kier molecular flexibility index (Phi) is 6.60. The predicted octanol–water partition coefficient (Wildman–Crippen LogP) is 4.34. The smallest absolute Gasteiger partial charge is 0.130 e. The molecule has 2 rings (SSSR count). The van der Waals surface area contributed by atoms with Gasteiger partial charge in [0.05, 0.1) is 0 Å². The van der Waals surface area contributed by atoms with Gasteiger partial charge in [0, 0.05) is 12.1 Å². The number of nitrogens with zero attached hydrogens (tertiary/aromatic N) is 1. The van der Waals surface area contributed by atoms with Crippen LogP contribution in [0.15, 0.2) is 42.5 Å². The predicted molar refractivity (Wildman–Crippen MR) is 93.4 cm³/mol. The number of rotatable bonds is 8. The summed E-state index contributed by atoms with van der Waals surface area (Å²) in [5.74, 6) is -0.263. The number of aryl methyl sites for hydroxylation is 2. The van der Waals surface area contributed by atoms with E-state index in [1.807, 2.05) is 0 Å². The number of aromatic hydroxyl groups is 1. The number of halogens is 1. The molecule has 0 aliphatic heterocycles. The largest absolute Gasteiger partial charge is 0.508 e. The number of likely N-dealkylation sites (N-methyl/N-ethyl adjacent to an activating group) is 1. The second kappa shape index (κ2) is 8.68. The third-order valence-corrected chi connectivity index (χ3v) is 4.28. The van der Waals surface area contributed by atoms with Crippen molar-refractivity contribution >= 4 is 0 Å². The van der Waals surface area contributed by atoms with Crippen LogP contribution in [-0.2, 0) is 12.8 Å². The average Bonchev–Trinajstić information content (AvgIpc) is 2.54. The van der Waals surface area contributed by atoms with Gasteiger partial charge in [-0.15, -0.1) is 0 Å². The summed E-state index contributed by atoms with van der Waals surface area (Å²) in [7, 11) is 0. The van der Waals surface area contributed by atoms with Crippen LogP contribution in [0.25, 0.3) is 0 Å². The average molecular weight is 315 g/mol. The van der Waals surface area contributed by atoms with Gasteiger partial charge in [0.2, 0.25) is 0 Å². The van der Waals surface area contributed by atoms with Gasteiger partial charge in [-0.3, -0.25) is 0 Å². The summed E-state index contributed by atoms with van der Waals surface area (Å²) in [4.78, 5) is 2.31. The number of hydrogen-bond donors (Lipinski definition) is 1.